The van der Waals surface area contributed by atoms with Crippen molar-refractivity contribution in [2.24, 2.45) is 17.8 Å². The molecule has 2 aliphatic rings. The molecular weight excluding hydrogens is 236 g/mol. The molecule has 0 saturated heterocycles. The van der Waals surface area contributed by atoms with E-state index in [1.807, 2.05) is 18.2 Å². The van der Waals surface area contributed by atoms with Crippen molar-refractivity contribution in [2.45, 2.75) is 45.3 Å². The normalized spacial score (nSPS) is 37.6. The van der Waals surface area contributed by atoms with E-state index in [4.69, 9.17) is 4.74 Å². The Hall–Kier alpha value is -1.15. The van der Waals surface area contributed by atoms with Crippen LogP contribution in [-0.2, 0) is 16.1 Å². The number of hydrogen-bond donors (Lipinski definition) is 0. The molecule has 4 atom stereocenters. The van der Waals surface area contributed by atoms with Gasteiger partial charge in [0, 0.05) is 12.3 Å². The van der Waals surface area contributed by atoms with Crippen LogP contribution >= 0.6 is 0 Å². The number of ether oxygens (including phenoxy) is 1. The lowest BCUT2D eigenvalue weighted by atomic mass is 9.79. The van der Waals surface area contributed by atoms with Crippen LogP contribution in [0.25, 0.3) is 0 Å². The van der Waals surface area contributed by atoms with E-state index >= 15 is 0 Å². The standard InChI is InChI=1S/C17H22O2/c1-12-14-8-15(9-16(12)18)17(2,10-14)19-11-13-6-4-3-5-7-13/h3-7,12,14-15H,8-11H2,1-2H3/t12-,14+,15+,17-/m1/s1. The summed E-state index contributed by atoms with van der Waals surface area (Å²) in [6, 6.07) is 10.3. The van der Waals surface area contributed by atoms with Crippen LogP contribution in [0, 0.1) is 17.8 Å². The number of carbonyl (C=O) groups excluding carboxylic acids is 1. The Balaban J connectivity index is 1.69. The van der Waals surface area contributed by atoms with Crippen molar-refractivity contribution >= 4 is 5.78 Å². The number of rotatable bonds is 3. The fourth-order valence-corrected chi connectivity index (χ4v) is 3.76. The highest BCUT2D eigenvalue weighted by molar-refractivity contribution is 5.82. The van der Waals surface area contributed by atoms with Crippen molar-refractivity contribution in [3.05, 3.63) is 35.9 Å². The van der Waals surface area contributed by atoms with Gasteiger partial charge >= 0.3 is 0 Å². The summed E-state index contributed by atoms with van der Waals surface area (Å²) in [5.74, 6) is 1.63. The third-order valence-electron chi connectivity index (χ3n) is 5.19. The minimum atomic E-state index is -0.110. The van der Waals surface area contributed by atoms with Crippen molar-refractivity contribution < 1.29 is 9.53 Å². The van der Waals surface area contributed by atoms with Gasteiger partial charge < -0.3 is 4.74 Å². The first-order valence-corrected chi connectivity index (χ1v) is 7.29. The lowest BCUT2D eigenvalue weighted by Gasteiger charge is -2.31. The molecule has 2 heteroatoms. The van der Waals surface area contributed by atoms with Gasteiger partial charge in [-0.1, -0.05) is 37.3 Å². The van der Waals surface area contributed by atoms with Gasteiger partial charge in [-0.05, 0) is 37.2 Å². The molecule has 2 nitrogen and oxygen atoms in total. The van der Waals surface area contributed by atoms with E-state index in [9.17, 15) is 4.79 Å². The Morgan fingerprint density at radius 3 is 2.79 bits per heavy atom. The summed E-state index contributed by atoms with van der Waals surface area (Å²) >= 11 is 0. The third kappa shape index (κ3) is 2.34. The van der Waals surface area contributed by atoms with Crippen molar-refractivity contribution in [1.29, 1.82) is 0 Å². The maximum absolute atomic E-state index is 12.0. The zero-order valence-electron chi connectivity index (χ0n) is 11.8. The van der Waals surface area contributed by atoms with Gasteiger partial charge in [0.15, 0.2) is 0 Å². The molecule has 1 aromatic rings. The Morgan fingerprint density at radius 1 is 1.32 bits per heavy atom. The number of benzene rings is 1. The lowest BCUT2D eigenvalue weighted by molar-refractivity contribution is -0.128. The minimum absolute atomic E-state index is 0.110. The van der Waals surface area contributed by atoms with Gasteiger partial charge in [-0.15, -0.1) is 0 Å². The molecular formula is C17H22O2. The van der Waals surface area contributed by atoms with Crippen molar-refractivity contribution in [1.82, 2.24) is 0 Å². The molecule has 2 aliphatic carbocycles. The molecule has 2 bridgehead atoms. The first kappa shape index (κ1) is 12.9. The SMILES string of the molecule is C[C@H]1C(=O)C[C@@H]2C[C@H]1C[C@@]2(C)OCc1ccccc1. The fraction of sp³-hybridized carbons (Fsp3) is 0.588. The third-order valence-corrected chi connectivity index (χ3v) is 5.19. The van der Waals surface area contributed by atoms with E-state index in [2.05, 4.69) is 26.0 Å². The number of ketones is 1. The van der Waals surface area contributed by atoms with Gasteiger partial charge in [0.2, 0.25) is 0 Å². The van der Waals surface area contributed by atoms with E-state index in [0.29, 0.717) is 30.6 Å². The summed E-state index contributed by atoms with van der Waals surface area (Å²) in [5, 5.41) is 0. The topological polar surface area (TPSA) is 26.3 Å². The molecule has 102 valence electrons. The quantitative estimate of drug-likeness (QED) is 0.828. The molecule has 0 heterocycles. The van der Waals surface area contributed by atoms with E-state index in [-0.39, 0.29) is 11.5 Å². The zero-order valence-corrected chi connectivity index (χ0v) is 11.8. The Bertz CT molecular complexity index is 467. The summed E-state index contributed by atoms with van der Waals surface area (Å²) < 4.78 is 6.23. The van der Waals surface area contributed by atoms with Crippen LogP contribution in [0.2, 0.25) is 0 Å². The fourth-order valence-electron chi connectivity index (χ4n) is 3.76. The van der Waals surface area contributed by atoms with Crippen LogP contribution in [0.4, 0.5) is 0 Å². The molecule has 0 radical (unpaired) electrons. The van der Waals surface area contributed by atoms with Crippen LogP contribution in [0.3, 0.4) is 0 Å². The van der Waals surface area contributed by atoms with Gasteiger partial charge in [0.05, 0.1) is 12.2 Å². The van der Waals surface area contributed by atoms with E-state index < -0.39 is 0 Å². The van der Waals surface area contributed by atoms with Gasteiger partial charge in [-0.3, -0.25) is 4.79 Å². The number of Topliss-reactive ketones (excluding diaryl/α,β-unsaturated/α-hetero) is 1. The predicted octanol–water partition coefficient (Wildman–Crippen LogP) is 3.60. The van der Waals surface area contributed by atoms with Gasteiger partial charge in [-0.2, -0.15) is 0 Å². The molecule has 0 aromatic heterocycles. The molecule has 3 rings (SSSR count). The van der Waals surface area contributed by atoms with Gasteiger partial charge in [0.25, 0.3) is 0 Å². The molecule has 0 spiro atoms. The van der Waals surface area contributed by atoms with E-state index in [1.54, 1.807) is 0 Å². The monoisotopic (exact) mass is 258 g/mol. The van der Waals surface area contributed by atoms with E-state index in [1.165, 1.54) is 5.56 Å². The molecule has 0 unspecified atom stereocenters. The van der Waals surface area contributed by atoms with Gasteiger partial charge in [0.1, 0.15) is 5.78 Å². The van der Waals surface area contributed by atoms with Crippen molar-refractivity contribution in [3.8, 4) is 0 Å². The summed E-state index contributed by atoms with van der Waals surface area (Å²) in [6.07, 6.45) is 2.92. The minimum Gasteiger partial charge on any atom is -0.370 e. The lowest BCUT2D eigenvalue weighted by Crippen LogP contribution is -2.34. The molecule has 2 fully saturated rings. The summed E-state index contributed by atoms with van der Waals surface area (Å²) in [4.78, 5) is 12.0. The predicted molar refractivity (Wildman–Crippen MR) is 74.6 cm³/mol. The second-order valence-electron chi connectivity index (χ2n) is 6.44. The molecule has 2 saturated carbocycles. The maximum Gasteiger partial charge on any atom is 0.136 e. The molecule has 0 N–H and O–H groups in total. The number of fused-ring (bicyclic) bond motifs is 2. The molecule has 1 aromatic carbocycles. The smallest absolute Gasteiger partial charge is 0.136 e. The first-order valence-electron chi connectivity index (χ1n) is 7.29. The second kappa shape index (κ2) is 4.75. The van der Waals surface area contributed by atoms with Crippen LogP contribution in [0.15, 0.2) is 30.3 Å². The van der Waals surface area contributed by atoms with Crippen LogP contribution in [0.1, 0.15) is 38.7 Å². The summed E-state index contributed by atoms with van der Waals surface area (Å²) in [5.41, 5.74) is 1.10. The highest BCUT2D eigenvalue weighted by Crippen LogP contribution is 2.51. The summed E-state index contributed by atoms with van der Waals surface area (Å²) in [7, 11) is 0. The van der Waals surface area contributed by atoms with Crippen LogP contribution in [0.5, 0.6) is 0 Å². The largest absolute Gasteiger partial charge is 0.370 e. The average molecular weight is 258 g/mol. The maximum atomic E-state index is 12.0. The number of hydrogen-bond acceptors (Lipinski definition) is 2. The zero-order chi connectivity index (χ0) is 13.5. The average Bonchev–Trinajstić information content (AvgIpc) is 2.70. The number of carbonyl (C=O) groups is 1. The Labute approximate surface area is 115 Å². The molecule has 0 amide bonds. The van der Waals surface area contributed by atoms with Crippen LogP contribution in [-0.4, -0.2) is 11.4 Å². The molecule has 19 heavy (non-hydrogen) atoms. The van der Waals surface area contributed by atoms with Crippen molar-refractivity contribution in [3.63, 3.8) is 0 Å². The Kier molecular flexibility index (Phi) is 3.22. The van der Waals surface area contributed by atoms with E-state index in [0.717, 1.165) is 12.8 Å². The molecule has 0 aliphatic heterocycles. The van der Waals surface area contributed by atoms with Crippen LogP contribution < -0.4 is 0 Å². The van der Waals surface area contributed by atoms with Gasteiger partial charge in [-0.25, -0.2) is 0 Å². The first-order chi connectivity index (χ1) is 9.08. The summed E-state index contributed by atoms with van der Waals surface area (Å²) in [6.45, 7) is 4.95. The second-order valence-corrected chi connectivity index (χ2v) is 6.44. The van der Waals surface area contributed by atoms with Crippen molar-refractivity contribution in [2.75, 3.05) is 0 Å². The highest BCUT2D eigenvalue weighted by Gasteiger charge is 2.51. The highest BCUT2D eigenvalue weighted by atomic mass is 16.5. The Morgan fingerprint density at radius 2 is 2.05 bits per heavy atom.